The fourth-order valence-corrected chi connectivity index (χ4v) is 3.93. The van der Waals surface area contributed by atoms with E-state index in [0.717, 1.165) is 44.5 Å². The third kappa shape index (κ3) is 4.63. The number of benzene rings is 1. The Bertz CT molecular complexity index is 755. The fourth-order valence-electron chi connectivity index (χ4n) is 3.10. The van der Waals surface area contributed by atoms with Crippen LogP contribution in [0.25, 0.3) is 10.6 Å². The predicted octanol–water partition coefficient (Wildman–Crippen LogP) is 5.02. The first-order valence-electron chi connectivity index (χ1n) is 8.73. The summed E-state index contributed by atoms with van der Waals surface area (Å²) in [6.07, 6.45) is -0.895. The van der Waals surface area contributed by atoms with Crippen LogP contribution in [0.15, 0.2) is 29.6 Å². The van der Waals surface area contributed by atoms with E-state index in [2.05, 4.69) is 11.9 Å². The molecule has 1 amide bonds. The predicted molar refractivity (Wildman–Crippen MR) is 95.9 cm³/mol. The number of amides is 1. The number of carbonyl (C=O) groups is 1. The van der Waals surface area contributed by atoms with Gasteiger partial charge in [-0.1, -0.05) is 19.1 Å². The summed E-state index contributed by atoms with van der Waals surface area (Å²) < 4.78 is 37.9. The molecule has 140 valence electrons. The van der Waals surface area contributed by atoms with Crippen LogP contribution in [-0.2, 0) is 17.4 Å². The number of alkyl halides is 3. The van der Waals surface area contributed by atoms with Crippen LogP contribution in [-0.4, -0.2) is 28.9 Å². The Morgan fingerprint density at radius 1 is 1.23 bits per heavy atom. The lowest BCUT2D eigenvalue weighted by Crippen LogP contribution is -2.33. The molecule has 1 aromatic heterocycles. The number of hydrogen-bond donors (Lipinski definition) is 0. The molecule has 0 radical (unpaired) electrons. The Kier molecular flexibility index (Phi) is 5.65. The zero-order valence-electron chi connectivity index (χ0n) is 14.6. The molecule has 1 aliphatic heterocycles. The average Bonchev–Trinajstić information content (AvgIpc) is 2.94. The molecule has 1 atom stereocenters. The molecule has 1 fully saturated rings. The van der Waals surface area contributed by atoms with Crippen molar-refractivity contribution in [1.29, 1.82) is 0 Å². The first-order chi connectivity index (χ1) is 12.3. The number of thiazole rings is 1. The highest BCUT2D eigenvalue weighted by molar-refractivity contribution is 7.13. The zero-order valence-corrected chi connectivity index (χ0v) is 15.4. The van der Waals surface area contributed by atoms with Gasteiger partial charge in [-0.15, -0.1) is 11.3 Å². The Balaban J connectivity index is 1.65. The fraction of sp³-hybridized carbons (Fsp3) is 0.474. The third-order valence-electron chi connectivity index (χ3n) is 4.71. The van der Waals surface area contributed by atoms with Crippen molar-refractivity contribution >= 4 is 17.2 Å². The highest BCUT2D eigenvalue weighted by Crippen LogP contribution is 2.31. The van der Waals surface area contributed by atoms with Gasteiger partial charge in [0.1, 0.15) is 5.01 Å². The third-order valence-corrected chi connectivity index (χ3v) is 5.65. The monoisotopic (exact) mass is 382 g/mol. The molecule has 0 N–H and O–H groups in total. The van der Waals surface area contributed by atoms with Gasteiger partial charge >= 0.3 is 6.18 Å². The lowest BCUT2D eigenvalue weighted by atomic mass is 10.0. The summed E-state index contributed by atoms with van der Waals surface area (Å²) in [5.41, 5.74) is 0.626. The summed E-state index contributed by atoms with van der Waals surface area (Å²) in [6.45, 7) is 3.79. The van der Waals surface area contributed by atoms with Crippen molar-refractivity contribution in [3.8, 4) is 10.6 Å². The molecule has 0 aliphatic carbocycles. The van der Waals surface area contributed by atoms with Crippen molar-refractivity contribution < 1.29 is 18.0 Å². The minimum Gasteiger partial charge on any atom is -0.342 e. The van der Waals surface area contributed by atoms with E-state index >= 15 is 0 Å². The maximum atomic E-state index is 12.6. The number of nitrogens with zero attached hydrogens (tertiary/aromatic N) is 2. The van der Waals surface area contributed by atoms with E-state index in [0.29, 0.717) is 22.2 Å². The number of likely N-dealkylation sites (tertiary alicyclic amines) is 1. The lowest BCUT2D eigenvalue weighted by molar-refractivity contribution is -0.137. The van der Waals surface area contributed by atoms with Gasteiger partial charge in [0, 0.05) is 24.0 Å². The smallest absolute Gasteiger partial charge is 0.342 e. The van der Waals surface area contributed by atoms with E-state index in [4.69, 9.17) is 0 Å². The molecule has 0 bridgehead atoms. The van der Waals surface area contributed by atoms with Crippen LogP contribution in [0, 0.1) is 5.92 Å². The van der Waals surface area contributed by atoms with Crippen molar-refractivity contribution in [2.24, 2.45) is 5.92 Å². The van der Waals surface area contributed by atoms with Gasteiger partial charge < -0.3 is 4.90 Å². The highest BCUT2D eigenvalue weighted by atomic mass is 32.1. The van der Waals surface area contributed by atoms with Gasteiger partial charge in [-0.25, -0.2) is 4.98 Å². The van der Waals surface area contributed by atoms with Crippen LogP contribution in [0.4, 0.5) is 13.2 Å². The molecular weight excluding hydrogens is 361 g/mol. The largest absolute Gasteiger partial charge is 0.416 e. The minimum atomic E-state index is -4.34. The zero-order chi connectivity index (χ0) is 18.7. The molecule has 7 heteroatoms. The number of hydrogen-bond acceptors (Lipinski definition) is 3. The van der Waals surface area contributed by atoms with Crippen LogP contribution < -0.4 is 0 Å². The van der Waals surface area contributed by atoms with Crippen molar-refractivity contribution in [1.82, 2.24) is 9.88 Å². The number of rotatable bonds is 3. The van der Waals surface area contributed by atoms with Crippen LogP contribution in [0.3, 0.4) is 0 Å². The van der Waals surface area contributed by atoms with Gasteiger partial charge in [-0.3, -0.25) is 4.79 Å². The van der Waals surface area contributed by atoms with E-state index in [1.807, 2.05) is 10.3 Å². The van der Waals surface area contributed by atoms with Gasteiger partial charge in [-0.05, 0) is 37.3 Å². The topological polar surface area (TPSA) is 33.2 Å². The van der Waals surface area contributed by atoms with Gasteiger partial charge in [-0.2, -0.15) is 13.2 Å². The summed E-state index contributed by atoms with van der Waals surface area (Å²) in [7, 11) is 0. The molecular formula is C19H21F3N2OS. The highest BCUT2D eigenvalue weighted by Gasteiger charge is 2.30. The van der Waals surface area contributed by atoms with Gasteiger partial charge in [0.25, 0.3) is 0 Å². The van der Waals surface area contributed by atoms with Crippen molar-refractivity contribution in [2.75, 3.05) is 13.1 Å². The van der Waals surface area contributed by atoms with E-state index in [-0.39, 0.29) is 12.3 Å². The molecule has 0 saturated carbocycles. The van der Waals surface area contributed by atoms with Gasteiger partial charge in [0.05, 0.1) is 17.7 Å². The Labute approximate surface area is 154 Å². The number of aromatic nitrogens is 1. The second kappa shape index (κ2) is 7.78. The molecule has 1 aromatic carbocycles. The van der Waals surface area contributed by atoms with E-state index < -0.39 is 11.7 Å². The SMILES string of the molecule is C[C@@H]1CCCN(C(=O)Cc2csc(-c3ccc(C(F)(F)F)cc3)n2)CC1. The van der Waals surface area contributed by atoms with Crippen LogP contribution in [0.2, 0.25) is 0 Å². The number of carbonyl (C=O) groups excluding carboxylic acids is 1. The summed E-state index contributed by atoms with van der Waals surface area (Å²) >= 11 is 1.35. The molecule has 1 saturated heterocycles. The molecule has 2 heterocycles. The second-order valence-electron chi connectivity index (χ2n) is 6.81. The van der Waals surface area contributed by atoms with Crippen molar-refractivity contribution in [3.05, 3.63) is 40.9 Å². The Morgan fingerprint density at radius 3 is 2.65 bits per heavy atom. The van der Waals surface area contributed by atoms with Crippen LogP contribution >= 0.6 is 11.3 Å². The Hall–Kier alpha value is -1.89. The normalized spacial score (nSPS) is 18.6. The second-order valence-corrected chi connectivity index (χ2v) is 7.67. The summed E-state index contributed by atoms with van der Waals surface area (Å²) in [4.78, 5) is 18.8. The molecule has 3 nitrogen and oxygen atoms in total. The standard InChI is InChI=1S/C19H21F3N2OS/c1-13-3-2-9-24(10-8-13)17(25)11-16-12-26-18(23-16)14-4-6-15(7-5-14)19(20,21)22/h4-7,12-13H,2-3,8-11H2,1H3/t13-/m1/s1. The maximum absolute atomic E-state index is 12.6. The lowest BCUT2D eigenvalue weighted by Gasteiger charge is -2.19. The quantitative estimate of drug-likeness (QED) is 0.747. The molecule has 3 rings (SSSR count). The van der Waals surface area contributed by atoms with Gasteiger partial charge in [0.2, 0.25) is 5.91 Å². The van der Waals surface area contributed by atoms with Crippen LogP contribution in [0.5, 0.6) is 0 Å². The minimum absolute atomic E-state index is 0.0726. The summed E-state index contributed by atoms with van der Waals surface area (Å²) in [6, 6.07) is 4.95. The molecule has 0 spiro atoms. The average molecular weight is 382 g/mol. The maximum Gasteiger partial charge on any atom is 0.416 e. The molecule has 26 heavy (non-hydrogen) atoms. The van der Waals surface area contributed by atoms with E-state index in [1.54, 1.807) is 0 Å². The van der Waals surface area contributed by atoms with Crippen LogP contribution in [0.1, 0.15) is 37.4 Å². The summed E-state index contributed by atoms with van der Waals surface area (Å²) in [5.74, 6) is 0.724. The summed E-state index contributed by atoms with van der Waals surface area (Å²) in [5, 5.41) is 2.44. The molecule has 0 unspecified atom stereocenters. The Morgan fingerprint density at radius 2 is 1.96 bits per heavy atom. The molecule has 2 aromatic rings. The van der Waals surface area contributed by atoms with Crippen molar-refractivity contribution in [2.45, 2.75) is 38.8 Å². The number of halogens is 3. The van der Waals surface area contributed by atoms with E-state index in [1.165, 1.54) is 23.5 Å². The van der Waals surface area contributed by atoms with E-state index in [9.17, 15) is 18.0 Å². The van der Waals surface area contributed by atoms with Crippen molar-refractivity contribution in [3.63, 3.8) is 0 Å². The van der Waals surface area contributed by atoms with Gasteiger partial charge in [0.15, 0.2) is 0 Å². The molecule has 1 aliphatic rings. The first kappa shape index (κ1) is 18.9. The first-order valence-corrected chi connectivity index (χ1v) is 9.60.